The van der Waals surface area contributed by atoms with Gasteiger partial charge in [-0.3, -0.25) is 4.79 Å². The Morgan fingerprint density at radius 1 is 1.48 bits per heavy atom. The second kappa shape index (κ2) is 5.00. The number of aliphatic carboxylic acids is 1. The zero-order valence-corrected chi connectivity index (χ0v) is 12.3. The Morgan fingerprint density at radius 2 is 2.19 bits per heavy atom. The molecule has 1 aliphatic carbocycles. The number of aliphatic hydroxyl groups excluding tert-OH is 1. The molecule has 1 unspecified atom stereocenters. The Bertz CT molecular complexity index is 567. The first-order valence-electron chi connectivity index (χ1n) is 7.35. The first-order chi connectivity index (χ1) is 9.94. The van der Waals surface area contributed by atoms with Crippen LogP contribution < -0.4 is 10.1 Å². The molecule has 1 heterocycles. The summed E-state index contributed by atoms with van der Waals surface area (Å²) in [4.78, 5) is 11.4. The fourth-order valence-electron chi connectivity index (χ4n) is 3.09. The number of ether oxygens (including phenoxy) is 1. The van der Waals surface area contributed by atoms with Crippen LogP contribution in [0, 0.1) is 12.3 Å². The minimum Gasteiger partial charge on any atom is -0.491 e. The molecule has 3 N–H and O–H groups in total. The number of carboxylic acid groups (broad SMARTS) is 1. The molecule has 1 aliphatic heterocycles. The predicted molar refractivity (Wildman–Crippen MR) is 77.3 cm³/mol. The van der Waals surface area contributed by atoms with E-state index in [-0.39, 0.29) is 12.1 Å². The monoisotopic (exact) mass is 291 g/mol. The van der Waals surface area contributed by atoms with Gasteiger partial charge in [0.15, 0.2) is 0 Å². The van der Waals surface area contributed by atoms with Crippen LogP contribution >= 0.6 is 0 Å². The van der Waals surface area contributed by atoms with Gasteiger partial charge < -0.3 is 20.3 Å². The summed E-state index contributed by atoms with van der Waals surface area (Å²) >= 11 is 0. The number of rotatable bonds is 4. The first kappa shape index (κ1) is 14.4. The average molecular weight is 291 g/mol. The second-order valence-electron chi connectivity index (χ2n) is 6.25. The van der Waals surface area contributed by atoms with Crippen LogP contribution in [0.5, 0.6) is 5.75 Å². The van der Waals surface area contributed by atoms with Crippen LogP contribution in [0.4, 0.5) is 0 Å². The lowest BCUT2D eigenvalue weighted by atomic mass is 9.93. The largest absolute Gasteiger partial charge is 0.491 e. The van der Waals surface area contributed by atoms with Crippen LogP contribution in [0.1, 0.15) is 37.0 Å². The van der Waals surface area contributed by atoms with E-state index in [4.69, 9.17) is 4.74 Å². The minimum atomic E-state index is -0.759. The molecule has 2 aliphatic rings. The van der Waals surface area contributed by atoms with Crippen LogP contribution in [0.2, 0.25) is 0 Å². The van der Waals surface area contributed by atoms with Gasteiger partial charge in [-0.05, 0) is 38.3 Å². The third-order valence-corrected chi connectivity index (χ3v) is 4.79. The lowest BCUT2D eigenvalue weighted by molar-refractivity contribution is -0.144. The van der Waals surface area contributed by atoms with Crippen molar-refractivity contribution in [2.45, 2.75) is 44.9 Å². The van der Waals surface area contributed by atoms with Crippen molar-refractivity contribution in [1.29, 1.82) is 0 Å². The lowest BCUT2D eigenvalue weighted by Gasteiger charge is -2.34. The normalized spacial score (nSPS) is 27.4. The van der Waals surface area contributed by atoms with Crippen molar-refractivity contribution in [1.82, 2.24) is 5.32 Å². The molecule has 21 heavy (non-hydrogen) atoms. The summed E-state index contributed by atoms with van der Waals surface area (Å²) in [5.74, 6) is -0.0442. The molecule has 0 radical (unpaired) electrons. The number of carbonyl (C=O) groups is 1. The fraction of sp³-hybridized carbons (Fsp3) is 0.562. The van der Waals surface area contributed by atoms with Crippen LogP contribution in [-0.2, 0) is 4.79 Å². The fourth-order valence-corrected chi connectivity index (χ4v) is 3.09. The highest BCUT2D eigenvalue weighted by molar-refractivity contribution is 5.78. The van der Waals surface area contributed by atoms with Crippen LogP contribution in [0.3, 0.4) is 0 Å². The molecule has 1 fully saturated rings. The molecule has 5 heteroatoms. The summed E-state index contributed by atoms with van der Waals surface area (Å²) in [6.45, 7) is 4.20. The molecule has 114 valence electrons. The zero-order chi connectivity index (χ0) is 15.2. The Balaban J connectivity index is 1.74. The van der Waals surface area contributed by atoms with Crippen molar-refractivity contribution in [3.8, 4) is 5.75 Å². The maximum atomic E-state index is 11.4. The van der Waals surface area contributed by atoms with E-state index >= 15 is 0 Å². The molecule has 0 amide bonds. The number of aryl methyl sites for hydroxylation is 1. The van der Waals surface area contributed by atoms with E-state index in [0.29, 0.717) is 25.2 Å². The van der Waals surface area contributed by atoms with Crippen LogP contribution in [-0.4, -0.2) is 34.9 Å². The minimum absolute atomic E-state index is 0.190. The Labute approximate surface area is 123 Å². The van der Waals surface area contributed by atoms with Crippen LogP contribution in [0.15, 0.2) is 18.2 Å². The average Bonchev–Trinajstić information content (AvgIpc) is 3.23. The van der Waals surface area contributed by atoms with Gasteiger partial charge in [0.25, 0.3) is 0 Å². The van der Waals surface area contributed by atoms with Gasteiger partial charge in [0.1, 0.15) is 18.5 Å². The molecule has 3 atom stereocenters. The Kier molecular flexibility index (Phi) is 3.42. The molecule has 3 rings (SSSR count). The van der Waals surface area contributed by atoms with E-state index in [9.17, 15) is 15.0 Å². The molecule has 0 aromatic heterocycles. The highest BCUT2D eigenvalue weighted by atomic mass is 16.5. The molecular weight excluding hydrogens is 270 g/mol. The summed E-state index contributed by atoms with van der Waals surface area (Å²) in [6.07, 6.45) is 0.702. The van der Waals surface area contributed by atoms with Gasteiger partial charge in [-0.2, -0.15) is 0 Å². The second-order valence-corrected chi connectivity index (χ2v) is 6.25. The van der Waals surface area contributed by atoms with Crippen molar-refractivity contribution in [3.63, 3.8) is 0 Å². The molecular formula is C16H21NO4. The van der Waals surface area contributed by atoms with E-state index in [1.165, 1.54) is 0 Å². The SMILES string of the molecule is Cc1ccc2c(c1)OC[C@H](NC(C)C1(C(=O)O)CC1)[C@@H]2O. The third kappa shape index (κ3) is 2.40. The van der Waals surface area contributed by atoms with E-state index in [0.717, 1.165) is 11.1 Å². The molecule has 1 saturated carbocycles. The standard InChI is InChI=1S/C16H21NO4/c1-9-3-4-11-13(7-9)21-8-12(14(11)18)17-10(2)16(5-6-16)15(19)20/h3-4,7,10,12,14,17-18H,5-6,8H2,1-2H3,(H,19,20)/t10?,12-,14+/m0/s1. The number of hydrogen-bond acceptors (Lipinski definition) is 4. The van der Waals surface area contributed by atoms with Crippen molar-refractivity contribution in [2.24, 2.45) is 5.41 Å². The number of fused-ring (bicyclic) bond motifs is 1. The number of hydrogen-bond donors (Lipinski definition) is 3. The topological polar surface area (TPSA) is 78.8 Å². The Hall–Kier alpha value is -1.59. The third-order valence-electron chi connectivity index (χ3n) is 4.79. The maximum Gasteiger partial charge on any atom is 0.311 e. The van der Waals surface area contributed by atoms with Gasteiger partial charge in [-0.15, -0.1) is 0 Å². The van der Waals surface area contributed by atoms with Crippen molar-refractivity contribution in [3.05, 3.63) is 29.3 Å². The molecule has 0 spiro atoms. The number of benzene rings is 1. The summed E-state index contributed by atoms with van der Waals surface area (Å²) in [5.41, 5.74) is 1.17. The van der Waals surface area contributed by atoms with E-state index < -0.39 is 17.5 Å². The number of nitrogens with one attached hydrogen (secondary N) is 1. The molecule has 1 aromatic rings. The van der Waals surface area contributed by atoms with E-state index in [1.54, 1.807) is 0 Å². The van der Waals surface area contributed by atoms with Gasteiger partial charge in [0, 0.05) is 11.6 Å². The Morgan fingerprint density at radius 3 is 2.81 bits per heavy atom. The van der Waals surface area contributed by atoms with Crippen molar-refractivity contribution >= 4 is 5.97 Å². The smallest absolute Gasteiger partial charge is 0.311 e. The van der Waals surface area contributed by atoms with Crippen LogP contribution in [0.25, 0.3) is 0 Å². The maximum absolute atomic E-state index is 11.4. The highest BCUT2D eigenvalue weighted by Gasteiger charge is 2.55. The first-order valence-corrected chi connectivity index (χ1v) is 7.35. The highest BCUT2D eigenvalue weighted by Crippen LogP contribution is 2.49. The van der Waals surface area contributed by atoms with Gasteiger partial charge in [0.05, 0.1) is 11.5 Å². The molecule has 5 nitrogen and oxygen atoms in total. The zero-order valence-electron chi connectivity index (χ0n) is 12.3. The predicted octanol–water partition coefficient (Wildman–Crippen LogP) is 1.63. The van der Waals surface area contributed by atoms with Gasteiger partial charge in [-0.25, -0.2) is 0 Å². The van der Waals surface area contributed by atoms with Crippen molar-refractivity contribution in [2.75, 3.05) is 6.61 Å². The van der Waals surface area contributed by atoms with Gasteiger partial charge in [-0.1, -0.05) is 12.1 Å². The number of aliphatic hydroxyl groups is 1. The summed E-state index contributed by atoms with van der Waals surface area (Å²) in [7, 11) is 0. The van der Waals surface area contributed by atoms with Gasteiger partial charge >= 0.3 is 5.97 Å². The lowest BCUT2D eigenvalue weighted by Crippen LogP contribution is -2.51. The summed E-state index contributed by atoms with van der Waals surface area (Å²) in [6, 6.07) is 5.25. The summed E-state index contributed by atoms with van der Waals surface area (Å²) in [5, 5.41) is 23.1. The summed E-state index contributed by atoms with van der Waals surface area (Å²) < 4.78 is 5.71. The quantitative estimate of drug-likeness (QED) is 0.786. The van der Waals surface area contributed by atoms with Gasteiger partial charge in [0.2, 0.25) is 0 Å². The van der Waals surface area contributed by atoms with E-state index in [2.05, 4.69) is 5.32 Å². The molecule has 0 bridgehead atoms. The molecule has 1 aromatic carbocycles. The number of carboxylic acids is 1. The van der Waals surface area contributed by atoms with Crippen molar-refractivity contribution < 1.29 is 19.7 Å². The molecule has 0 saturated heterocycles. The van der Waals surface area contributed by atoms with E-state index in [1.807, 2.05) is 32.0 Å².